The molecule has 4 rings (SSSR count). The minimum Gasteiger partial charge on any atom is -0.461 e. The van der Waals surface area contributed by atoms with Gasteiger partial charge in [0.05, 0.1) is 11.4 Å². The lowest BCUT2D eigenvalue weighted by Gasteiger charge is -2.17. The maximum atomic E-state index is 12.8. The van der Waals surface area contributed by atoms with Gasteiger partial charge in [-0.05, 0) is 24.3 Å². The molecule has 168 valence electrons. The molecule has 0 spiro atoms. The van der Waals surface area contributed by atoms with Crippen molar-refractivity contribution in [1.82, 2.24) is 9.88 Å². The lowest BCUT2D eigenvalue weighted by atomic mass is 10.1. The first-order chi connectivity index (χ1) is 16.0. The molecule has 33 heavy (non-hydrogen) atoms. The smallest absolute Gasteiger partial charge is 0.246 e. The Hall–Kier alpha value is -3.71. The molecule has 6 nitrogen and oxygen atoms in total. The van der Waals surface area contributed by atoms with Crippen LogP contribution in [0.2, 0.25) is 0 Å². The van der Waals surface area contributed by atoms with Crippen LogP contribution in [0.5, 0.6) is 0 Å². The summed E-state index contributed by atoms with van der Waals surface area (Å²) >= 11 is 1.36. The first kappa shape index (κ1) is 22.5. The number of hydrogen-bond acceptors (Lipinski definition) is 5. The summed E-state index contributed by atoms with van der Waals surface area (Å²) in [7, 11) is 1.77. The van der Waals surface area contributed by atoms with Crippen LogP contribution in [0.15, 0.2) is 70.5 Å². The summed E-state index contributed by atoms with van der Waals surface area (Å²) < 4.78 is 5.94. The highest BCUT2D eigenvalue weighted by molar-refractivity contribution is 7.14. The topological polar surface area (TPSA) is 66.7 Å². The second kappa shape index (κ2) is 9.83. The SMILES string of the molecule is CCc1oc2ccccc2c1CN(C)C(=O)/C=C/c1csc(N(C(C)=O)c2ccccc2)n1. The van der Waals surface area contributed by atoms with Gasteiger partial charge < -0.3 is 9.32 Å². The van der Waals surface area contributed by atoms with E-state index >= 15 is 0 Å². The van der Waals surface area contributed by atoms with E-state index in [1.54, 1.807) is 22.9 Å². The maximum Gasteiger partial charge on any atom is 0.246 e. The Kier molecular flexibility index (Phi) is 6.70. The standard InChI is InChI=1S/C26H25N3O3S/c1-4-23-22(21-12-8-9-13-24(21)32-23)16-28(3)25(31)15-14-19-17-33-26(27-19)29(18(2)30)20-10-6-5-7-11-20/h5-15,17H,4,16H2,1-3H3/b15-14+. The van der Waals surface area contributed by atoms with Gasteiger partial charge in [0.2, 0.25) is 11.8 Å². The van der Waals surface area contributed by atoms with Gasteiger partial charge in [-0.3, -0.25) is 14.5 Å². The summed E-state index contributed by atoms with van der Waals surface area (Å²) in [5.74, 6) is 0.638. The Morgan fingerprint density at radius 3 is 2.55 bits per heavy atom. The summed E-state index contributed by atoms with van der Waals surface area (Å²) in [6.45, 7) is 4.01. The number of furan rings is 1. The summed E-state index contributed by atoms with van der Waals surface area (Å²) in [5.41, 5.74) is 3.25. The Bertz CT molecular complexity index is 1310. The Labute approximate surface area is 196 Å². The first-order valence-electron chi connectivity index (χ1n) is 10.7. The van der Waals surface area contributed by atoms with Crippen molar-refractivity contribution in [2.45, 2.75) is 26.8 Å². The molecule has 0 atom stereocenters. The summed E-state index contributed by atoms with van der Waals surface area (Å²) in [6.07, 6.45) is 3.95. The van der Waals surface area contributed by atoms with Crippen molar-refractivity contribution < 1.29 is 14.0 Å². The fraction of sp³-hybridized carbons (Fsp3) is 0.192. The van der Waals surface area contributed by atoms with Crippen molar-refractivity contribution in [3.05, 3.63) is 83.1 Å². The van der Waals surface area contributed by atoms with Gasteiger partial charge in [-0.25, -0.2) is 4.98 Å². The van der Waals surface area contributed by atoms with Crippen LogP contribution in [-0.2, 0) is 22.6 Å². The van der Waals surface area contributed by atoms with Crippen molar-refractivity contribution in [3.63, 3.8) is 0 Å². The number of aryl methyl sites for hydroxylation is 1. The number of carbonyl (C=O) groups excluding carboxylic acids is 2. The quantitative estimate of drug-likeness (QED) is 0.327. The molecule has 0 aliphatic heterocycles. The number of aromatic nitrogens is 1. The average molecular weight is 460 g/mol. The average Bonchev–Trinajstić information content (AvgIpc) is 3.42. The number of likely N-dealkylation sites (N-methyl/N-ethyl adjacent to an activating group) is 1. The lowest BCUT2D eigenvalue weighted by Crippen LogP contribution is -2.24. The van der Waals surface area contributed by atoms with Crippen LogP contribution in [0.3, 0.4) is 0 Å². The third-order valence-corrected chi connectivity index (χ3v) is 6.15. The van der Waals surface area contributed by atoms with E-state index in [9.17, 15) is 9.59 Å². The summed E-state index contributed by atoms with van der Waals surface area (Å²) in [4.78, 5) is 32.7. The van der Waals surface area contributed by atoms with E-state index in [1.807, 2.05) is 66.9 Å². The molecule has 2 heterocycles. The van der Waals surface area contributed by atoms with Crippen LogP contribution in [0.4, 0.5) is 10.8 Å². The minimum atomic E-state index is -0.136. The third-order valence-electron chi connectivity index (χ3n) is 5.30. The van der Waals surface area contributed by atoms with Gasteiger partial charge in [-0.2, -0.15) is 0 Å². The van der Waals surface area contributed by atoms with Crippen LogP contribution < -0.4 is 4.90 Å². The Balaban J connectivity index is 1.48. The zero-order chi connectivity index (χ0) is 23.4. The van der Waals surface area contributed by atoms with Gasteiger partial charge in [-0.1, -0.05) is 43.3 Å². The molecular weight excluding hydrogens is 434 g/mol. The molecule has 0 fully saturated rings. The molecule has 0 aliphatic rings. The fourth-order valence-electron chi connectivity index (χ4n) is 3.67. The number of nitrogens with zero attached hydrogens (tertiary/aromatic N) is 3. The van der Waals surface area contributed by atoms with E-state index in [4.69, 9.17) is 4.42 Å². The van der Waals surface area contributed by atoms with Crippen LogP contribution in [0.1, 0.15) is 30.9 Å². The molecule has 0 unspecified atom stereocenters. The highest BCUT2D eigenvalue weighted by Crippen LogP contribution is 2.29. The van der Waals surface area contributed by atoms with E-state index in [1.165, 1.54) is 24.3 Å². The second-order valence-electron chi connectivity index (χ2n) is 7.63. The molecule has 2 amide bonds. The highest BCUT2D eigenvalue weighted by Gasteiger charge is 2.18. The van der Waals surface area contributed by atoms with Crippen molar-refractivity contribution in [3.8, 4) is 0 Å². The summed E-state index contributed by atoms with van der Waals surface area (Å²) in [6, 6.07) is 17.3. The molecule has 7 heteroatoms. The number of anilines is 2. The van der Waals surface area contributed by atoms with Gasteiger partial charge in [0.1, 0.15) is 11.3 Å². The van der Waals surface area contributed by atoms with Gasteiger partial charge >= 0.3 is 0 Å². The van der Waals surface area contributed by atoms with Gasteiger partial charge in [0, 0.05) is 49.3 Å². The zero-order valence-corrected chi connectivity index (χ0v) is 19.6. The summed E-state index contributed by atoms with van der Waals surface area (Å²) in [5, 5.41) is 3.43. The monoisotopic (exact) mass is 459 g/mol. The van der Waals surface area contributed by atoms with Crippen LogP contribution in [-0.4, -0.2) is 28.7 Å². The molecule has 0 saturated heterocycles. The Morgan fingerprint density at radius 1 is 1.09 bits per heavy atom. The number of para-hydroxylation sites is 2. The van der Waals surface area contributed by atoms with E-state index in [0.29, 0.717) is 17.4 Å². The largest absolute Gasteiger partial charge is 0.461 e. The Morgan fingerprint density at radius 2 is 1.82 bits per heavy atom. The lowest BCUT2D eigenvalue weighted by molar-refractivity contribution is -0.125. The first-order valence-corrected chi connectivity index (χ1v) is 11.6. The third kappa shape index (κ3) is 4.88. The van der Waals surface area contributed by atoms with Gasteiger partial charge in [-0.15, -0.1) is 11.3 Å². The minimum absolute atomic E-state index is 0.124. The number of hydrogen-bond donors (Lipinski definition) is 0. The predicted octanol–water partition coefficient (Wildman–Crippen LogP) is 5.81. The highest BCUT2D eigenvalue weighted by atomic mass is 32.1. The van der Waals surface area contributed by atoms with Crippen molar-refractivity contribution in [1.29, 1.82) is 0 Å². The van der Waals surface area contributed by atoms with E-state index in [0.717, 1.165) is 34.4 Å². The molecule has 0 saturated carbocycles. The van der Waals surface area contributed by atoms with Crippen molar-refractivity contribution >= 4 is 51.0 Å². The molecule has 2 aromatic heterocycles. The maximum absolute atomic E-state index is 12.8. The fourth-order valence-corrected chi connectivity index (χ4v) is 4.52. The van der Waals surface area contributed by atoms with Crippen LogP contribution in [0, 0.1) is 0 Å². The van der Waals surface area contributed by atoms with Gasteiger partial charge in [0.15, 0.2) is 5.13 Å². The van der Waals surface area contributed by atoms with E-state index in [2.05, 4.69) is 4.98 Å². The van der Waals surface area contributed by atoms with Crippen LogP contribution >= 0.6 is 11.3 Å². The van der Waals surface area contributed by atoms with Crippen molar-refractivity contribution in [2.75, 3.05) is 11.9 Å². The molecule has 2 aromatic carbocycles. The normalized spacial score (nSPS) is 11.2. The molecule has 0 radical (unpaired) electrons. The number of benzene rings is 2. The van der Waals surface area contributed by atoms with Gasteiger partial charge in [0.25, 0.3) is 0 Å². The molecule has 0 N–H and O–H groups in total. The van der Waals surface area contributed by atoms with E-state index in [-0.39, 0.29) is 11.8 Å². The molecule has 0 aliphatic carbocycles. The van der Waals surface area contributed by atoms with Crippen LogP contribution in [0.25, 0.3) is 17.0 Å². The number of carbonyl (C=O) groups is 2. The predicted molar refractivity (Wildman–Crippen MR) is 132 cm³/mol. The molecular formula is C26H25N3O3S. The number of rotatable bonds is 7. The number of thiazole rings is 1. The molecule has 0 bridgehead atoms. The molecule has 4 aromatic rings. The van der Waals surface area contributed by atoms with E-state index < -0.39 is 0 Å². The number of fused-ring (bicyclic) bond motifs is 1. The number of amides is 2. The second-order valence-corrected chi connectivity index (χ2v) is 8.46. The zero-order valence-electron chi connectivity index (χ0n) is 18.8. The van der Waals surface area contributed by atoms with Crippen molar-refractivity contribution in [2.24, 2.45) is 0 Å².